The highest BCUT2D eigenvalue weighted by atomic mass is 32.2. The van der Waals surface area contributed by atoms with Crippen molar-refractivity contribution in [3.8, 4) is 0 Å². The van der Waals surface area contributed by atoms with E-state index in [1.54, 1.807) is 20.5 Å². The second kappa shape index (κ2) is 7.27. The molecule has 1 aliphatic rings. The molecule has 1 aliphatic carbocycles. The standard InChI is InChI=1S/C16H25N5O3S/c1-20(6-7-24-3)25(22,23)10-12-8-13(9-12)21(2)16-14-4-5-17-15(14)18-11-19-16/h4-5,11-13H,6-10H2,1-3H3,(H,17,18,19). The molecule has 0 aliphatic heterocycles. The highest BCUT2D eigenvalue weighted by Gasteiger charge is 2.37. The van der Waals surface area contributed by atoms with E-state index in [1.165, 1.54) is 4.31 Å². The topological polar surface area (TPSA) is 91.4 Å². The fraction of sp³-hybridized carbons (Fsp3) is 0.625. The van der Waals surface area contributed by atoms with E-state index < -0.39 is 10.0 Å². The third-order valence-corrected chi connectivity index (χ3v) is 6.98. The van der Waals surface area contributed by atoms with Crippen molar-refractivity contribution in [3.05, 3.63) is 18.6 Å². The molecule has 0 radical (unpaired) electrons. The van der Waals surface area contributed by atoms with Gasteiger partial charge in [-0.05, 0) is 24.8 Å². The highest BCUT2D eigenvalue weighted by Crippen LogP contribution is 2.36. The first kappa shape index (κ1) is 18.1. The van der Waals surface area contributed by atoms with Gasteiger partial charge in [-0.15, -0.1) is 0 Å². The SMILES string of the molecule is COCCN(C)S(=O)(=O)CC1CC(N(C)c2ncnc3[nH]ccc23)C1. The largest absolute Gasteiger partial charge is 0.383 e. The number of aromatic amines is 1. The van der Waals surface area contributed by atoms with Crippen molar-refractivity contribution >= 4 is 26.9 Å². The minimum absolute atomic E-state index is 0.186. The number of ether oxygens (including phenoxy) is 1. The lowest BCUT2D eigenvalue weighted by molar-refractivity contribution is 0.184. The normalized spacial score (nSPS) is 20.8. The van der Waals surface area contributed by atoms with Gasteiger partial charge in [-0.25, -0.2) is 22.7 Å². The minimum Gasteiger partial charge on any atom is -0.383 e. The fourth-order valence-electron chi connectivity index (χ4n) is 3.25. The van der Waals surface area contributed by atoms with Gasteiger partial charge < -0.3 is 14.6 Å². The van der Waals surface area contributed by atoms with E-state index in [4.69, 9.17) is 4.74 Å². The number of hydrogen-bond donors (Lipinski definition) is 1. The Morgan fingerprint density at radius 3 is 2.80 bits per heavy atom. The molecule has 0 aromatic carbocycles. The zero-order valence-corrected chi connectivity index (χ0v) is 15.7. The molecule has 1 N–H and O–H groups in total. The predicted octanol–water partition coefficient (Wildman–Crippen LogP) is 1.08. The summed E-state index contributed by atoms with van der Waals surface area (Å²) < 4.78 is 31.1. The molecule has 3 rings (SSSR count). The first-order valence-corrected chi connectivity index (χ1v) is 9.97. The number of methoxy groups -OCH3 is 1. The summed E-state index contributed by atoms with van der Waals surface area (Å²) in [4.78, 5) is 13.8. The number of nitrogens with one attached hydrogen (secondary N) is 1. The summed E-state index contributed by atoms with van der Waals surface area (Å²) >= 11 is 0. The Hall–Kier alpha value is -1.71. The van der Waals surface area contributed by atoms with Crippen LogP contribution >= 0.6 is 0 Å². The lowest BCUT2D eigenvalue weighted by Crippen LogP contribution is -2.46. The lowest BCUT2D eigenvalue weighted by atomic mass is 9.81. The van der Waals surface area contributed by atoms with Crippen LogP contribution in [-0.2, 0) is 14.8 Å². The maximum Gasteiger partial charge on any atom is 0.214 e. The number of H-pyrrole nitrogens is 1. The third kappa shape index (κ3) is 3.78. The van der Waals surface area contributed by atoms with Crippen LogP contribution < -0.4 is 4.90 Å². The fourth-order valence-corrected chi connectivity index (χ4v) is 4.72. The number of rotatable bonds is 8. The van der Waals surface area contributed by atoms with Crippen molar-refractivity contribution in [3.63, 3.8) is 0 Å². The van der Waals surface area contributed by atoms with Crippen molar-refractivity contribution in [2.45, 2.75) is 18.9 Å². The van der Waals surface area contributed by atoms with Gasteiger partial charge in [-0.3, -0.25) is 0 Å². The summed E-state index contributed by atoms with van der Waals surface area (Å²) in [5.74, 6) is 1.27. The van der Waals surface area contributed by atoms with Crippen LogP contribution in [0, 0.1) is 5.92 Å². The number of anilines is 1. The smallest absolute Gasteiger partial charge is 0.214 e. The first-order chi connectivity index (χ1) is 11.9. The molecule has 2 aromatic rings. The number of aromatic nitrogens is 3. The Kier molecular flexibility index (Phi) is 5.26. The summed E-state index contributed by atoms with van der Waals surface area (Å²) in [5, 5.41) is 0.986. The van der Waals surface area contributed by atoms with Crippen LogP contribution in [0.25, 0.3) is 11.0 Å². The minimum atomic E-state index is -3.23. The Labute approximate surface area is 148 Å². The van der Waals surface area contributed by atoms with Gasteiger partial charge in [0.15, 0.2) is 0 Å². The molecule has 0 bridgehead atoms. The van der Waals surface area contributed by atoms with Crippen LogP contribution in [0.1, 0.15) is 12.8 Å². The molecule has 0 unspecified atom stereocenters. The molecule has 138 valence electrons. The van der Waals surface area contributed by atoms with E-state index in [0.29, 0.717) is 19.2 Å². The van der Waals surface area contributed by atoms with Gasteiger partial charge >= 0.3 is 0 Å². The van der Waals surface area contributed by atoms with Gasteiger partial charge in [-0.2, -0.15) is 0 Å². The molecule has 2 heterocycles. The molecule has 0 atom stereocenters. The molecule has 1 saturated carbocycles. The maximum atomic E-state index is 12.4. The van der Waals surface area contributed by atoms with Crippen molar-refractivity contribution in [1.29, 1.82) is 0 Å². The highest BCUT2D eigenvalue weighted by molar-refractivity contribution is 7.89. The van der Waals surface area contributed by atoms with E-state index in [-0.39, 0.29) is 11.7 Å². The van der Waals surface area contributed by atoms with Crippen LogP contribution in [-0.4, -0.2) is 73.8 Å². The van der Waals surface area contributed by atoms with Crippen LogP contribution in [0.5, 0.6) is 0 Å². The molecule has 9 heteroatoms. The van der Waals surface area contributed by atoms with E-state index in [1.807, 2.05) is 19.3 Å². The summed E-state index contributed by atoms with van der Waals surface area (Å²) in [6.07, 6.45) is 5.10. The number of hydrogen-bond acceptors (Lipinski definition) is 6. The summed E-state index contributed by atoms with van der Waals surface area (Å²) in [6.45, 7) is 0.799. The first-order valence-electron chi connectivity index (χ1n) is 8.36. The molecular weight excluding hydrogens is 342 g/mol. The summed E-state index contributed by atoms with van der Waals surface area (Å²) in [6, 6.07) is 2.27. The predicted molar refractivity (Wildman–Crippen MR) is 97.1 cm³/mol. The Balaban J connectivity index is 1.58. The van der Waals surface area contributed by atoms with Crippen LogP contribution in [0.4, 0.5) is 5.82 Å². The molecule has 0 saturated heterocycles. The second-order valence-corrected chi connectivity index (χ2v) is 8.75. The molecule has 0 amide bonds. The van der Waals surface area contributed by atoms with E-state index in [2.05, 4.69) is 19.9 Å². The van der Waals surface area contributed by atoms with Gasteiger partial charge in [0, 0.05) is 40.0 Å². The maximum absolute atomic E-state index is 12.4. The number of likely N-dealkylation sites (N-methyl/N-ethyl adjacent to an activating group) is 1. The summed E-state index contributed by atoms with van der Waals surface area (Å²) in [5.41, 5.74) is 0.815. The Morgan fingerprint density at radius 1 is 1.32 bits per heavy atom. The zero-order chi connectivity index (χ0) is 18.0. The molecule has 1 fully saturated rings. The van der Waals surface area contributed by atoms with Crippen LogP contribution in [0.15, 0.2) is 18.6 Å². The molecular formula is C16H25N5O3S. The quantitative estimate of drug-likeness (QED) is 0.751. The Bertz CT molecular complexity index is 816. The van der Waals surface area contributed by atoms with Gasteiger partial charge in [0.25, 0.3) is 0 Å². The monoisotopic (exact) mass is 367 g/mol. The van der Waals surface area contributed by atoms with Crippen molar-refractivity contribution in [2.75, 3.05) is 45.0 Å². The zero-order valence-electron chi connectivity index (χ0n) is 14.8. The second-order valence-electron chi connectivity index (χ2n) is 6.63. The van der Waals surface area contributed by atoms with Gasteiger partial charge in [0.1, 0.15) is 17.8 Å². The van der Waals surface area contributed by atoms with Crippen molar-refractivity contribution < 1.29 is 13.2 Å². The summed E-state index contributed by atoms with van der Waals surface area (Å²) in [7, 11) is 1.96. The van der Waals surface area contributed by atoms with Gasteiger partial charge in [-0.1, -0.05) is 0 Å². The van der Waals surface area contributed by atoms with E-state index in [9.17, 15) is 8.42 Å². The number of fused-ring (bicyclic) bond motifs is 1. The van der Waals surface area contributed by atoms with E-state index >= 15 is 0 Å². The molecule has 0 spiro atoms. The number of nitrogens with zero attached hydrogens (tertiary/aromatic N) is 4. The average molecular weight is 367 g/mol. The third-order valence-electron chi connectivity index (χ3n) is 4.96. The van der Waals surface area contributed by atoms with E-state index in [0.717, 1.165) is 29.7 Å². The van der Waals surface area contributed by atoms with Crippen molar-refractivity contribution in [2.24, 2.45) is 5.92 Å². The van der Waals surface area contributed by atoms with Gasteiger partial charge in [0.2, 0.25) is 10.0 Å². The molecule has 2 aromatic heterocycles. The average Bonchev–Trinajstić information content (AvgIpc) is 3.03. The molecule has 8 nitrogen and oxygen atoms in total. The number of sulfonamides is 1. The van der Waals surface area contributed by atoms with Crippen molar-refractivity contribution in [1.82, 2.24) is 19.3 Å². The Morgan fingerprint density at radius 2 is 2.08 bits per heavy atom. The van der Waals surface area contributed by atoms with Crippen LogP contribution in [0.2, 0.25) is 0 Å². The van der Waals surface area contributed by atoms with Gasteiger partial charge in [0.05, 0.1) is 17.7 Å². The lowest BCUT2D eigenvalue weighted by Gasteiger charge is -2.42. The molecule has 25 heavy (non-hydrogen) atoms. The van der Waals surface area contributed by atoms with Crippen LogP contribution in [0.3, 0.4) is 0 Å².